The summed E-state index contributed by atoms with van der Waals surface area (Å²) in [7, 11) is 1.32. The molecule has 0 bridgehead atoms. The van der Waals surface area contributed by atoms with Crippen LogP contribution in [0.25, 0.3) is 0 Å². The van der Waals surface area contributed by atoms with Crippen molar-refractivity contribution >= 4 is 23.5 Å². The van der Waals surface area contributed by atoms with Crippen molar-refractivity contribution in [1.82, 2.24) is 10.6 Å². The van der Waals surface area contributed by atoms with Gasteiger partial charge in [-0.1, -0.05) is 12.1 Å². The number of benzene rings is 2. The topological polar surface area (TPSA) is 148 Å². The zero-order valence-electron chi connectivity index (χ0n) is 17.3. The molecule has 0 heterocycles. The number of aliphatic carboxylic acids is 1. The van der Waals surface area contributed by atoms with E-state index in [1.807, 2.05) is 0 Å². The summed E-state index contributed by atoms with van der Waals surface area (Å²) in [5.74, 6) is -3.03. The van der Waals surface area contributed by atoms with Gasteiger partial charge < -0.3 is 20.5 Å². The molecule has 0 aromatic heterocycles. The lowest BCUT2D eigenvalue weighted by atomic mass is 10.0. The van der Waals surface area contributed by atoms with Gasteiger partial charge in [0.25, 0.3) is 5.69 Å². The van der Waals surface area contributed by atoms with Crippen molar-refractivity contribution in [2.24, 2.45) is 0 Å². The highest BCUT2D eigenvalue weighted by Crippen LogP contribution is 2.25. The Bertz CT molecular complexity index is 1030. The van der Waals surface area contributed by atoms with E-state index in [-0.39, 0.29) is 29.8 Å². The molecule has 2 amide bonds. The van der Waals surface area contributed by atoms with Crippen LogP contribution < -0.4 is 15.4 Å². The molecule has 0 aliphatic rings. The number of carboxylic acids is 1. The fourth-order valence-electron chi connectivity index (χ4n) is 3.08. The number of amides is 2. The van der Waals surface area contributed by atoms with Gasteiger partial charge >= 0.3 is 5.97 Å². The first-order valence-corrected chi connectivity index (χ1v) is 9.46. The number of carbonyl (C=O) groups is 3. The maximum absolute atomic E-state index is 13.5. The quantitative estimate of drug-likeness (QED) is 0.370. The number of halogens is 1. The maximum Gasteiger partial charge on any atom is 0.326 e. The number of hydrogen-bond acceptors (Lipinski definition) is 6. The monoisotopic (exact) mass is 447 g/mol. The highest BCUT2D eigenvalue weighted by atomic mass is 19.1. The molecule has 0 aliphatic heterocycles. The smallest absolute Gasteiger partial charge is 0.326 e. The van der Waals surface area contributed by atoms with Crippen LogP contribution in [0.3, 0.4) is 0 Å². The van der Waals surface area contributed by atoms with Gasteiger partial charge in [0.05, 0.1) is 12.0 Å². The number of nitrogens with one attached hydrogen (secondary N) is 2. The van der Waals surface area contributed by atoms with E-state index in [2.05, 4.69) is 10.6 Å². The van der Waals surface area contributed by atoms with Crippen LogP contribution in [0.4, 0.5) is 10.1 Å². The van der Waals surface area contributed by atoms with Crippen LogP contribution in [-0.4, -0.2) is 47.0 Å². The minimum absolute atomic E-state index is 0.0738. The summed E-state index contributed by atoms with van der Waals surface area (Å²) < 4.78 is 18.6. The van der Waals surface area contributed by atoms with Crippen LogP contribution in [0.1, 0.15) is 18.1 Å². The van der Waals surface area contributed by atoms with E-state index >= 15 is 0 Å². The maximum atomic E-state index is 13.5. The Morgan fingerprint density at radius 2 is 1.84 bits per heavy atom. The number of hydrogen-bond donors (Lipinski definition) is 3. The molecule has 2 aromatic rings. The van der Waals surface area contributed by atoms with Crippen molar-refractivity contribution < 1.29 is 33.5 Å². The number of non-ortho nitro benzene ring substituents is 1. The lowest BCUT2D eigenvalue weighted by Crippen LogP contribution is -2.52. The van der Waals surface area contributed by atoms with Crippen LogP contribution >= 0.6 is 0 Å². The molecule has 0 saturated carbocycles. The van der Waals surface area contributed by atoms with Gasteiger partial charge in [0.15, 0.2) is 0 Å². The first-order valence-electron chi connectivity index (χ1n) is 9.46. The molecule has 0 aliphatic carbocycles. The minimum Gasteiger partial charge on any atom is -0.496 e. The number of nitro benzene ring substituents is 1. The fraction of sp³-hybridized carbons (Fsp3) is 0.286. The standard InChI is InChI=1S/C21H22FN3O7/c1-12(26)23-17(9-13-4-3-5-15(22)8-13)20(27)24-18(21(28)29)11-14-10-16(25(30)31)6-7-19(14)32-2/h3-8,10,17-18H,9,11H2,1-2H3,(H,23,26)(H,24,27)(H,28,29)/t17-,18+/m0/s1. The molecule has 0 saturated heterocycles. The fourth-order valence-corrected chi connectivity index (χ4v) is 3.08. The molecule has 170 valence electrons. The summed E-state index contributed by atoms with van der Waals surface area (Å²) in [6.07, 6.45) is -0.381. The Morgan fingerprint density at radius 3 is 2.41 bits per heavy atom. The predicted molar refractivity (Wildman–Crippen MR) is 111 cm³/mol. The van der Waals surface area contributed by atoms with Gasteiger partial charge in [-0.05, 0) is 23.8 Å². The van der Waals surface area contributed by atoms with Crippen LogP contribution in [0.2, 0.25) is 0 Å². The molecule has 0 spiro atoms. The van der Waals surface area contributed by atoms with Gasteiger partial charge in [-0.15, -0.1) is 0 Å². The van der Waals surface area contributed by atoms with Crippen LogP contribution in [0.15, 0.2) is 42.5 Å². The number of carboxylic acid groups (broad SMARTS) is 1. The number of methoxy groups -OCH3 is 1. The SMILES string of the molecule is COc1ccc([N+](=O)[O-])cc1C[C@@H](NC(=O)[C@H](Cc1cccc(F)c1)NC(C)=O)C(=O)O. The van der Waals surface area contributed by atoms with Crippen molar-refractivity contribution in [2.75, 3.05) is 7.11 Å². The first-order chi connectivity index (χ1) is 15.1. The third kappa shape index (κ3) is 6.76. The van der Waals surface area contributed by atoms with Crippen LogP contribution in [0, 0.1) is 15.9 Å². The number of carbonyl (C=O) groups excluding carboxylic acids is 2. The second-order valence-electron chi connectivity index (χ2n) is 6.94. The Balaban J connectivity index is 2.25. The van der Waals surface area contributed by atoms with E-state index in [0.717, 1.165) is 0 Å². The van der Waals surface area contributed by atoms with Gasteiger partial charge in [0.2, 0.25) is 11.8 Å². The molecule has 2 rings (SSSR count). The van der Waals surface area contributed by atoms with Crippen LogP contribution in [-0.2, 0) is 27.2 Å². The molecule has 0 radical (unpaired) electrons. The molecule has 0 unspecified atom stereocenters. The number of rotatable bonds is 10. The third-order valence-electron chi connectivity index (χ3n) is 4.54. The zero-order valence-corrected chi connectivity index (χ0v) is 17.3. The Kier molecular flexibility index (Phi) is 8.22. The number of ether oxygens (including phenoxy) is 1. The molecule has 10 nitrogen and oxygen atoms in total. The predicted octanol–water partition coefficient (Wildman–Crippen LogP) is 1.60. The average Bonchev–Trinajstić information content (AvgIpc) is 2.72. The summed E-state index contributed by atoms with van der Waals surface area (Å²) in [4.78, 5) is 46.5. The number of nitrogens with zero attached hydrogens (tertiary/aromatic N) is 1. The molecule has 2 atom stereocenters. The molecule has 3 N–H and O–H groups in total. The lowest BCUT2D eigenvalue weighted by Gasteiger charge is -2.21. The summed E-state index contributed by atoms with van der Waals surface area (Å²) in [6.45, 7) is 1.19. The molecular weight excluding hydrogens is 425 g/mol. The van der Waals surface area contributed by atoms with Crippen molar-refractivity contribution in [3.63, 3.8) is 0 Å². The van der Waals surface area contributed by atoms with E-state index in [1.165, 1.54) is 50.4 Å². The van der Waals surface area contributed by atoms with Gasteiger partial charge in [0, 0.05) is 37.5 Å². The molecular formula is C21H22FN3O7. The second kappa shape index (κ2) is 10.8. The van der Waals surface area contributed by atoms with Crippen molar-refractivity contribution in [2.45, 2.75) is 31.8 Å². The Hall–Kier alpha value is -4.02. The van der Waals surface area contributed by atoms with Gasteiger partial charge in [-0.2, -0.15) is 0 Å². The summed E-state index contributed by atoms with van der Waals surface area (Å²) in [6, 6.07) is 6.51. The van der Waals surface area contributed by atoms with Gasteiger partial charge in [-0.3, -0.25) is 19.7 Å². The molecule has 11 heteroatoms. The van der Waals surface area contributed by atoms with E-state index < -0.39 is 40.6 Å². The van der Waals surface area contributed by atoms with Crippen molar-refractivity contribution in [1.29, 1.82) is 0 Å². The highest BCUT2D eigenvalue weighted by Gasteiger charge is 2.28. The van der Waals surface area contributed by atoms with Gasteiger partial charge in [0.1, 0.15) is 23.7 Å². The van der Waals surface area contributed by atoms with E-state index in [1.54, 1.807) is 6.07 Å². The first kappa shape index (κ1) is 24.3. The van der Waals surface area contributed by atoms with E-state index in [0.29, 0.717) is 5.56 Å². The van der Waals surface area contributed by atoms with Crippen molar-refractivity contribution in [3.05, 3.63) is 69.5 Å². The Morgan fingerprint density at radius 1 is 1.12 bits per heavy atom. The minimum atomic E-state index is -1.47. The normalized spacial score (nSPS) is 12.3. The summed E-state index contributed by atoms with van der Waals surface area (Å²) in [5, 5.41) is 25.4. The second-order valence-corrected chi connectivity index (χ2v) is 6.94. The summed E-state index contributed by atoms with van der Waals surface area (Å²) in [5.41, 5.74) is 0.361. The highest BCUT2D eigenvalue weighted by molar-refractivity contribution is 5.90. The molecule has 0 fully saturated rings. The third-order valence-corrected chi connectivity index (χ3v) is 4.54. The number of nitro groups is 1. The van der Waals surface area contributed by atoms with Crippen molar-refractivity contribution in [3.8, 4) is 5.75 Å². The van der Waals surface area contributed by atoms with Gasteiger partial charge in [-0.25, -0.2) is 9.18 Å². The Labute approximate surface area is 182 Å². The molecule has 2 aromatic carbocycles. The van der Waals surface area contributed by atoms with Crippen LogP contribution in [0.5, 0.6) is 5.75 Å². The average molecular weight is 447 g/mol. The summed E-state index contributed by atoms with van der Waals surface area (Å²) >= 11 is 0. The van der Waals surface area contributed by atoms with E-state index in [9.17, 15) is 34.0 Å². The zero-order chi connectivity index (χ0) is 23.8. The van der Waals surface area contributed by atoms with E-state index in [4.69, 9.17) is 4.74 Å². The molecule has 32 heavy (non-hydrogen) atoms. The largest absolute Gasteiger partial charge is 0.496 e. The lowest BCUT2D eigenvalue weighted by molar-refractivity contribution is -0.384.